The Labute approximate surface area is 108 Å². The molecule has 0 saturated heterocycles. The molecule has 7 nitrogen and oxygen atoms in total. The largest absolute Gasteiger partial charge is 0.481 e. The predicted molar refractivity (Wildman–Crippen MR) is 64.7 cm³/mol. The van der Waals surface area contributed by atoms with Crippen LogP contribution in [0.5, 0.6) is 0 Å². The van der Waals surface area contributed by atoms with Crippen molar-refractivity contribution < 1.29 is 14.7 Å². The first-order valence-corrected chi connectivity index (χ1v) is 5.20. The van der Waals surface area contributed by atoms with Crippen LogP contribution in [0.2, 0.25) is 0 Å². The van der Waals surface area contributed by atoms with E-state index in [1.165, 1.54) is 18.2 Å². The fourth-order valence-corrected chi connectivity index (χ4v) is 1.33. The first-order valence-electron chi connectivity index (χ1n) is 5.20. The summed E-state index contributed by atoms with van der Waals surface area (Å²) >= 11 is 0. The van der Waals surface area contributed by atoms with Crippen molar-refractivity contribution in [3.05, 3.63) is 29.3 Å². The number of carboxylic acid groups (broad SMARTS) is 1. The molecule has 4 N–H and O–H groups in total. The maximum Gasteiger partial charge on any atom is 0.305 e. The number of benzene rings is 1. The SMILES string of the molecule is N#Cc1ccc(NC(=O)C(N)CC(=O)O)cc1C#N. The standard InChI is InChI=1S/C12H10N4O3/c13-5-7-1-2-9(3-8(7)6-14)16-12(19)10(15)4-11(17)18/h1-3,10H,4,15H2,(H,16,19)(H,17,18). The van der Waals surface area contributed by atoms with Crippen LogP contribution in [0.4, 0.5) is 5.69 Å². The topological polar surface area (TPSA) is 140 Å². The monoisotopic (exact) mass is 258 g/mol. The molecule has 0 fully saturated rings. The molecule has 1 aromatic rings. The quantitative estimate of drug-likeness (QED) is 0.703. The van der Waals surface area contributed by atoms with Gasteiger partial charge in [0.05, 0.1) is 23.6 Å². The fourth-order valence-electron chi connectivity index (χ4n) is 1.33. The summed E-state index contributed by atoms with van der Waals surface area (Å²) in [7, 11) is 0. The highest BCUT2D eigenvalue weighted by atomic mass is 16.4. The first kappa shape index (κ1) is 14.2. The highest BCUT2D eigenvalue weighted by molar-refractivity contribution is 5.96. The van der Waals surface area contributed by atoms with Gasteiger partial charge < -0.3 is 16.2 Å². The van der Waals surface area contributed by atoms with Crippen LogP contribution < -0.4 is 11.1 Å². The Bertz CT molecular complexity index is 598. The molecule has 1 amide bonds. The van der Waals surface area contributed by atoms with E-state index in [0.717, 1.165) is 0 Å². The summed E-state index contributed by atoms with van der Waals surface area (Å²) in [6.07, 6.45) is -0.493. The van der Waals surface area contributed by atoms with Crippen LogP contribution in [-0.2, 0) is 9.59 Å². The van der Waals surface area contributed by atoms with E-state index in [1.807, 2.05) is 12.1 Å². The minimum Gasteiger partial charge on any atom is -0.481 e. The van der Waals surface area contributed by atoms with Gasteiger partial charge in [-0.1, -0.05) is 0 Å². The maximum atomic E-state index is 11.6. The molecule has 0 saturated carbocycles. The number of nitriles is 2. The number of nitrogens with zero attached hydrogens (tertiary/aromatic N) is 2. The lowest BCUT2D eigenvalue weighted by atomic mass is 10.1. The summed E-state index contributed by atoms with van der Waals surface area (Å²) in [6.45, 7) is 0. The van der Waals surface area contributed by atoms with Crippen molar-refractivity contribution >= 4 is 17.6 Å². The highest BCUT2D eigenvalue weighted by Gasteiger charge is 2.17. The van der Waals surface area contributed by atoms with Gasteiger partial charge in [-0.3, -0.25) is 9.59 Å². The lowest BCUT2D eigenvalue weighted by molar-refractivity contribution is -0.138. The van der Waals surface area contributed by atoms with Crippen molar-refractivity contribution in [3.63, 3.8) is 0 Å². The molecule has 1 aromatic carbocycles. The molecule has 0 bridgehead atoms. The van der Waals surface area contributed by atoms with E-state index in [2.05, 4.69) is 5.32 Å². The number of amides is 1. The van der Waals surface area contributed by atoms with Gasteiger partial charge >= 0.3 is 5.97 Å². The van der Waals surface area contributed by atoms with Crippen molar-refractivity contribution in [1.29, 1.82) is 10.5 Å². The summed E-state index contributed by atoms with van der Waals surface area (Å²) in [6, 6.07) is 6.62. The molecule has 96 valence electrons. The van der Waals surface area contributed by atoms with E-state index >= 15 is 0 Å². The van der Waals surface area contributed by atoms with E-state index < -0.39 is 24.3 Å². The van der Waals surface area contributed by atoms with Gasteiger partial charge in [0.1, 0.15) is 12.1 Å². The second-order valence-corrected chi connectivity index (χ2v) is 3.68. The van der Waals surface area contributed by atoms with Crippen LogP contribution >= 0.6 is 0 Å². The van der Waals surface area contributed by atoms with E-state index in [-0.39, 0.29) is 16.8 Å². The average molecular weight is 258 g/mol. The van der Waals surface area contributed by atoms with Gasteiger partial charge in [-0.25, -0.2) is 0 Å². The Kier molecular flexibility index (Phi) is 4.58. The molecule has 0 aromatic heterocycles. The van der Waals surface area contributed by atoms with Gasteiger partial charge in [-0.2, -0.15) is 10.5 Å². The zero-order chi connectivity index (χ0) is 14.4. The fraction of sp³-hybridized carbons (Fsp3) is 0.167. The zero-order valence-corrected chi connectivity index (χ0v) is 9.75. The number of nitrogens with two attached hydrogens (primary N) is 1. The third-order valence-electron chi connectivity index (χ3n) is 2.26. The minimum atomic E-state index is -1.18. The molecule has 19 heavy (non-hydrogen) atoms. The van der Waals surface area contributed by atoms with E-state index in [4.69, 9.17) is 21.4 Å². The number of carbonyl (C=O) groups excluding carboxylic acids is 1. The van der Waals surface area contributed by atoms with Crippen LogP contribution in [0.15, 0.2) is 18.2 Å². The Hall–Kier alpha value is -2.90. The number of hydrogen-bond acceptors (Lipinski definition) is 5. The lowest BCUT2D eigenvalue weighted by Gasteiger charge is -2.10. The minimum absolute atomic E-state index is 0.118. The van der Waals surface area contributed by atoms with E-state index in [1.54, 1.807) is 0 Å². The van der Waals surface area contributed by atoms with Crippen LogP contribution in [0.25, 0.3) is 0 Å². The van der Waals surface area contributed by atoms with Crippen molar-refractivity contribution in [2.45, 2.75) is 12.5 Å². The molecular formula is C12H10N4O3. The number of carbonyl (C=O) groups is 2. The normalized spacial score (nSPS) is 10.9. The van der Waals surface area contributed by atoms with Crippen LogP contribution in [-0.4, -0.2) is 23.0 Å². The molecule has 1 rings (SSSR count). The zero-order valence-electron chi connectivity index (χ0n) is 9.75. The number of anilines is 1. The molecule has 1 unspecified atom stereocenters. The van der Waals surface area contributed by atoms with Crippen molar-refractivity contribution in [2.24, 2.45) is 5.73 Å². The number of aliphatic carboxylic acids is 1. The molecule has 0 aliphatic carbocycles. The third kappa shape index (κ3) is 3.80. The van der Waals surface area contributed by atoms with E-state index in [0.29, 0.717) is 0 Å². The molecule has 7 heteroatoms. The maximum absolute atomic E-state index is 11.6. The Morgan fingerprint density at radius 1 is 1.32 bits per heavy atom. The number of rotatable bonds is 4. The smallest absolute Gasteiger partial charge is 0.305 e. The van der Waals surface area contributed by atoms with Crippen LogP contribution in [0.1, 0.15) is 17.5 Å². The Morgan fingerprint density at radius 2 is 1.95 bits per heavy atom. The Balaban J connectivity index is 2.84. The molecule has 0 aliphatic heterocycles. The van der Waals surface area contributed by atoms with Gasteiger partial charge in [0.25, 0.3) is 0 Å². The highest BCUT2D eigenvalue weighted by Crippen LogP contribution is 2.14. The summed E-state index contributed by atoms with van der Waals surface area (Å²) in [5.41, 5.74) is 5.97. The van der Waals surface area contributed by atoms with Crippen molar-refractivity contribution in [3.8, 4) is 12.1 Å². The Morgan fingerprint density at radius 3 is 2.47 bits per heavy atom. The second kappa shape index (κ2) is 6.15. The molecule has 0 spiro atoms. The number of carboxylic acids is 1. The third-order valence-corrected chi connectivity index (χ3v) is 2.26. The van der Waals surface area contributed by atoms with Gasteiger partial charge in [0, 0.05) is 5.69 Å². The summed E-state index contributed by atoms with van der Waals surface area (Å²) in [5.74, 6) is -1.85. The summed E-state index contributed by atoms with van der Waals surface area (Å²) in [5, 5.41) is 28.5. The van der Waals surface area contributed by atoms with Gasteiger partial charge in [0.15, 0.2) is 0 Å². The molecule has 0 heterocycles. The molecule has 0 aliphatic rings. The van der Waals surface area contributed by atoms with Gasteiger partial charge in [0.2, 0.25) is 5.91 Å². The van der Waals surface area contributed by atoms with Crippen molar-refractivity contribution in [2.75, 3.05) is 5.32 Å². The molecule has 0 radical (unpaired) electrons. The number of hydrogen-bond donors (Lipinski definition) is 3. The molecular weight excluding hydrogens is 248 g/mol. The second-order valence-electron chi connectivity index (χ2n) is 3.68. The molecule has 1 atom stereocenters. The van der Waals surface area contributed by atoms with Gasteiger partial charge in [-0.05, 0) is 18.2 Å². The lowest BCUT2D eigenvalue weighted by Crippen LogP contribution is -2.37. The van der Waals surface area contributed by atoms with Crippen LogP contribution in [0, 0.1) is 22.7 Å². The van der Waals surface area contributed by atoms with Crippen molar-refractivity contribution in [1.82, 2.24) is 0 Å². The summed E-state index contributed by atoms with van der Waals surface area (Å²) in [4.78, 5) is 22.0. The first-order chi connectivity index (χ1) is 8.97. The van der Waals surface area contributed by atoms with Crippen LogP contribution in [0.3, 0.4) is 0 Å². The van der Waals surface area contributed by atoms with Gasteiger partial charge in [-0.15, -0.1) is 0 Å². The average Bonchev–Trinajstić information content (AvgIpc) is 2.37. The predicted octanol–water partition coefficient (Wildman–Crippen LogP) is 0.170. The van der Waals surface area contributed by atoms with E-state index in [9.17, 15) is 9.59 Å². The number of nitrogens with one attached hydrogen (secondary N) is 1. The summed E-state index contributed by atoms with van der Waals surface area (Å²) < 4.78 is 0.